The van der Waals surface area contributed by atoms with E-state index in [9.17, 15) is 14.0 Å². The molecule has 124 valence electrons. The van der Waals surface area contributed by atoms with Crippen LogP contribution in [0.25, 0.3) is 0 Å². The van der Waals surface area contributed by atoms with Crippen molar-refractivity contribution in [2.45, 2.75) is 12.1 Å². The highest BCUT2D eigenvalue weighted by Crippen LogP contribution is 2.33. The van der Waals surface area contributed by atoms with Crippen molar-refractivity contribution in [3.05, 3.63) is 54.3 Å². The lowest BCUT2D eigenvalue weighted by atomic mass is 9.97. The number of rotatable bonds is 5. The van der Waals surface area contributed by atoms with Crippen molar-refractivity contribution in [2.75, 3.05) is 12.0 Å². The van der Waals surface area contributed by atoms with Crippen molar-refractivity contribution < 1.29 is 23.5 Å². The van der Waals surface area contributed by atoms with E-state index in [0.29, 0.717) is 11.4 Å². The molecule has 1 fully saturated rings. The van der Waals surface area contributed by atoms with Gasteiger partial charge in [-0.05, 0) is 60.1 Å². The van der Waals surface area contributed by atoms with Crippen molar-refractivity contribution in [2.24, 2.45) is 0 Å². The highest BCUT2D eigenvalue weighted by Gasteiger charge is 2.53. The number of halogens is 2. The molecule has 1 amide bonds. The van der Waals surface area contributed by atoms with Crippen molar-refractivity contribution in [3.8, 4) is 11.5 Å². The number of benzene rings is 2. The van der Waals surface area contributed by atoms with Crippen molar-refractivity contribution >= 4 is 28.4 Å². The number of nitrogens with zero attached hydrogens (tertiary/aromatic N) is 1. The third-order valence-electron chi connectivity index (χ3n) is 3.71. The van der Waals surface area contributed by atoms with Gasteiger partial charge in [0.05, 0.1) is 7.11 Å². The first-order valence-corrected chi connectivity index (χ1v) is 7.48. The molecule has 0 radical (unpaired) electrons. The number of anilines is 1. The maximum Gasteiger partial charge on any atom is 0.271 e. The van der Waals surface area contributed by atoms with E-state index in [-0.39, 0.29) is 5.75 Å². The number of methoxy groups -OCH3 is 1. The molecule has 2 aromatic carbocycles. The topological polar surface area (TPSA) is 55.8 Å². The lowest BCUT2D eigenvalue weighted by Gasteiger charge is -2.44. The maximum atomic E-state index is 12.9. The number of hydrogen-bond acceptors (Lipinski definition) is 4. The zero-order valence-electron chi connectivity index (χ0n) is 12.6. The van der Waals surface area contributed by atoms with Gasteiger partial charge < -0.3 is 9.47 Å². The average Bonchev–Trinajstić information content (AvgIpc) is 2.58. The van der Waals surface area contributed by atoms with E-state index in [1.54, 1.807) is 24.3 Å². The van der Waals surface area contributed by atoms with Crippen LogP contribution in [-0.2, 0) is 9.59 Å². The molecule has 1 aliphatic heterocycles. The van der Waals surface area contributed by atoms with Gasteiger partial charge in [-0.15, -0.1) is 0 Å². The summed E-state index contributed by atoms with van der Waals surface area (Å²) in [6.45, 7) is 0. The summed E-state index contributed by atoms with van der Waals surface area (Å²) in [5.74, 6) is 0.0854. The Labute approximate surface area is 142 Å². The fourth-order valence-corrected chi connectivity index (χ4v) is 2.70. The van der Waals surface area contributed by atoms with Gasteiger partial charge in [0.1, 0.15) is 17.3 Å². The molecule has 3 rings (SSSR count). The summed E-state index contributed by atoms with van der Waals surface area (Å²) in [7, 11) is 1.53. The molecule has 0 spiro atoms. The molecule has 0 bridgehead atoms. The minimum absolute atomic E-state index is 0.284. The SMILES string of the molecule is COc1ccc(N2C(=O)[C@@H](Oc3ccc(F)cc3)[C@H]2C(=O)Cl)cc1. The Morgan fingerprint density at radius 1 is 1.08 bits per heavy atom. The molecule has 1 heterocycles. The van der Waals surface area contributed by atoms with Gasteiger partial charge in [-0.2, -0.15) is 0 Å². The van der Waals surface area contributed by atoms with Crippen LogP contribution in [0.15, 0.2) is 48.5 Å². The van der Waals surface area contributed by atoms with Crippen LogP contribution in [-0.4, -0.2) is 30.4 Å². The zero-order chi connectivity index (χ0) is 17.3. The average molecular weight is 350 g/mol. The second-order valence-corrected chi connectivity index (χ2v) is 5.52. The molecule has 5 nitrogen and oxygen atoms in total. The molecule has 0 N–H and O–H groups in total. The van der Waals surface area contributed by atoms with Gasteiger partial charge in [0.2, 0.25) is 11.3 Å². The van der Waals surface area contributed by atoms with Crippen molar-refractivity contribution in [3.63, 3.8) is 0 Å². The Hall–Kier alpha value is -2.60. The number of ether oxygens (including phenoxy) is 2. The first kappa shape index (κ1) is 16.3. The molecule has 0 saturated carbocycles. The summed E-state index contributed by atoms with van der Waals surface area (Å²) in [5.41, 5.74) is 0.513. The molecule has 0 unspecified atom stereocenters. The van der Waals surface area contributed by atoms with Crippen LogP contribution in [0.3, 0.4) is 0 Å². The smallest absolute Gasteiger partial charge is 0.271 e. The highest BCUT2D eigenvalue weighted by molar-refractivity contribution is 6.66. The number of amides is 1. The summed E-state index contributed by atoms with van der Waals surface area (Å²) < 4.78 is 23.5. The summed E-state index contributed by atoms with van der Waals surface area (Å²) in [6.07, 6.45) is -1.04. The van der Waals surface area contributed by atoms with E-state index in [2.05, 4.69) is 0 Å². The van der Waals surface area contributed by atoms with Gasteiger partial charge in [0.15, 0.2) is 6.04 Å². The fourth-order valence-electron chi connectivity index (χ4n) is 2.49. The third kappa shape index (κ3) is 2.92. The minimum Gasteiger partial charge on any atom is -0.497 e. The Morgan fingerprint density at radius 2 is 1.67 bits per heavy atom. The second kappa shape index (κ2) is 6.49. The van der Waals surface area contributed by atoms with E-state index < -0.39 is 29.1 Å². The largest absolute Gasteiger partial charge is 0.497 e. The van der Waals surface area contributed by atoms with Gasteiger partial charge in [-0.25, -0.2) is 4.39 Å². The van der Waals surface area contributed by atoms with Crippen LogP contribution >= 0.6 is 11.6 Å². The molecule has 2 atom stereocenters. The fraction of sp³-hybridized carbons (Fsp3) is 0.176. The number of carbonyl (C=O) groups excluding carboxylic acids is 2. The predicted octanol–water partition coefficient (Wildman–Crippen LogP) is 2.76. The highest BCUT2D eigenvalue weighted by atomic mass is 35.5. The predicted molar refractivity (Wildman–Crippen MR) is 85.9 cm³/mol. The van der Waals surface area contributed by atoms with Crippen LogP contribution in [0.4, 0.5) is 10.1 Å². The Kier molecular flexibility index (Phi) is 4.40. The lowest BCUT2D eigenvalue weighted by Crippen LogP contribution is -2.69. The second-order valence-electron chi connectivity index (χ2n) is 5.15. The molecule has 1 saturated heterocycles. The molecule has 1 aliphatic rings. The number of hydrogen-bond donors (Lipinski definition) is 0. The summed E-state index contributed by atoms with van der Waals surface area (Å²) in [6, 6.07) is 10.9. The quantitative estimate of drug-likeness (QED) is 0.615. The van der Waals surface area contributed by atoms with Crippen molar-refractivity contribution in [1.29, 1.82) is 0 Å². The summed E-state index contributed by atoms with van der Waals surface area (Å²) in [4.78, 5) is 25.4. The van der Waals surface area contributed by atoms with E-state index in [4.69, 9.17) is 21.1 Å². The molecule has 7 heteroatoms. The van der Waals surface area contributed by atoms with E-state index in [1.807, 2.05) is 0 Å². The summed E-state index contributed by atoms with van der Waals surface area (Å²) >= 11 is 5.64. The van der Waals surface area contributed by atoms with Gasteiger partial charge in [-0.3, -0.25) is 14.5 Å². The molecule has 2 aromatic rings. The maximum absolute atomic E-state index is 12.9. The molecular formula is C17H13ClFNO4. The minimum atomic E-state index is -1.04. The third-order valence-corrected chi connectivity index (χ3v) is 3.93. The van der Waals surface area contributed by atoms with Gasteiger partial charge >= 0.3 is 0 Å². The van der Waals surface area contributed by atoms with Crippen LogP contribution in [0.1, 0.15) is 0 Å². The number of carbonyl (C=O) groups is 2. The molecule has 24 heavy (non-hydrogen) atoms. The normalized spacial score (nSPS) is 19.6. The molecular weight excluding hydrogens is 337 g/mol. The van der Waals surface area contributed by atoms with E-state index >= 15 is 0 Å². The van der Waals surface area contributed by atoms with E-state index in [0.717, 1.165) is 0 Å². The monoisotopic (exact) mass is 349 g/mol. The van der Waals surface area contributed by atoms with Crippen LogP contribution < -0.4 is 14.4 Å². The van der Waals surface area contributed by atoms with Gasteiger partial charge in [-0.1, -0.05) is 0 Å². The first-order valence-electron chi connectivity index (χ1n) is 7.10. The first-order chi connectivity index (χ1) is 11.5. The van der Waals surface area contributed by atoms with Gasteiger partial charge in [0.25, 0.3) is 5.91 Å². The number of β-lactam (4-membered cyclic amide) rings is 1. The lowest BCUT2D eigenvalue weighted by molar-refractivity contribution is -0.139. The van der Waals surface area contributed by atoms with Crippen molar-refractivity contribution in [1.82, 2.24) is 0 Å². The Bertz CT molecular complexity index is 763. The Balaban J connectivity index is 1.81. The van der Waals surface area contributed by atoms with Crippen LogP contribution in [0, 0.1) is 5.82 Å². The summed E-state index contributed by atoms with van der Waals surface area (Å²) in [5, 5.41) is -0.711. The zero-order valence-corrected chi connectivity index (χ0v) is 13.4. The molecule has 0 aliphatic carbocycles. The van der Waals surface area contributed by atoms with Crippen LogP contribution in [0.5, 0.6) is 11.5 Å². The van der Waals surface area contributed by atoms with Crippen LogP contribution in [0.2, 0.25) is 0 Å². The molecule has 0 aromatic heterocycles. The standard InChI is InChI=1S/C17H13ClFNO4/c1-23-12-8-4-11(5-9-12)20-14(16(18)21)15(17(20)22)24-13-6-2-10(19)3-7-13/h2-9,14-15H,1H3/t14-,15-/m0/s1. The Morgan fingerprint density at radius 3 is 2.21 bits per heavy atom. The van der Waals surface area contributed by atoms with Gasteiger partial charge in [0, 0.05) is 5.69 Å². The van der Waals surface area contributed by atoms with E-state index in [1.165, 1.54) is 36.3 Å².